The van der Waals surface area contributed by atoms with Gasteiger partial charge in [0.05, 0.1) is 0 Å². The number of rotatable bonds is 6. The van der Waals surface area contributed by atoms with E-state index < -0.39 is 0 Å². The Morgan fingerprint density at radius 1 is 1.17 bits per heavy atom. The van der Waals surface area contributed by atoms with Crippen LogP contribution in [0.3, 0.4) is 0 Å². The van der Waals surface area contributed by atoms with Crippen molar-refractivity contribution >= 4 is 0 Å². The Balaban J connectivity index is 1.63. The van der Waals surface area contributed by atoms with Gasteiger partial charge in [-0.3, -0.25) is 4.90 Å². The van der Waals surface area contributed by atoms with Gasteiger partial charge in [0.25, 0.3) is 0 Å². The quantitative estimate of drug-likeness (QED) is 0.779. The van der Waals surface area contributed by atoms with Crippen LogP contribution in [0.15, 0.2) is 0 Å². The summed E-state index contributed by atoms with van der Waals surface area (Å²) >= 11 is 0. The average molecular weight is 252 g/mol. The number of hydrogen-bond acceptors (Lipinski definition) is 2. The summed E-state index contributed by atoms with van der Waals surface area (Å²) in [6, 6.07) is 1.55. The lowest BCUT2D eigenvalue weighted by molar-refractivity contribution is 0.228. The maximum absolute atomic E-state index is 3.80. The van der Waals surface area contributed by atoms with Crippen LogP contribution in [-0.2, 0) is 0 Å². The normalized spacial score (nSPS) is 28.7. The largest absolute Gasteiger partial charge is 0.312 e. The van der Waals surface area contributed by atoms with E-state index in [0.717, 1.165) is 18.0 Å². The summed E-state index contributed by atoms with van der Waals surface area (Å²) in [4.78, 5) is 2.70. The molecule has 0 radical (unpaired) electrons. The first-order valence-electron chi connectivity index (χ1n) is 8.27. The summed E-state index contributed by atoms with van der Waals surface area (Å²) in [5, 5.41) is 3.80. The minimum atomic E-state index is 0.730. The summed E-state index contributed by atoms with van der Waals surface area (Å²) < 4.78 is 0. The van der Waals surface area contributed by atoms with Crippen LogP contribution in [0.5, 0.6) is 0 Å². The second-order valence-electron chi connectivity index (χ2n) is 6.53. The van der Waals surface area contributed by atoms with E-state index in [4.69, 9.17) is 0 Å². The van der Waals surface area contributed by atoms with Crippen LogP contribution in [0.1, 0.15) is 65.2 Å². The predicted octanol–water partition coefficient (Wildman–Crippen LogP) is 3.42. The standard InChI is InChI=1S/C16H32N2/c1-3-7-15-10-11-18(13-15)14(2)12-17-16-8-5-4-6-9-16/h14-17H,3-13H2,1-2H3. The second kappa shape index (κ2) is 7.49. The maximum Gasteiger partial charge on any atom is 0.0192 e. The van der Waals surface area contributed by atoms with Crippen molar-refractivity contribution in [2.24, 2.45) is 5.92 Å². The van der Waals surface area contributed by atoms with Gasteiger partial charge in [0.2, 0.25) is 0 Å². The lowest BCUT2D eigenvalue weighted by Crippen LogP contribution is -2.43. The Hall–Kier alpha value is -0.0800. The zero-order valence-corrected chi connectivity index (χ0v) is 12.5. The van der Waals surface area contributed by atoms with Gasteiger partial charge in [-0.25, -0.2) is 0 Å². The van der Waals surface area contributed by atoms with Gasteiger partial charge in [-0.05, 0) is 45.1 Å². The molecule has 1 N–H and O–H groups in total. The van der Waals surface area contributed by atoms with Gasteiger partial charge in [0, 0.05) is 25.2 Å². The van der Waals surface area contributed by atoms with Crippen molar-refractivity contribution < 1.29 is 0 Å². The van der Waals surface area contributed by atoms with Gasteiger partial charge in [0.15, 0.2) is 0 Å². The van der Waals surface area contributed by atoms with Gasteiger partial charge >= 0.3 is 0 Å². The number of nitrogens with one attached hydrogen (secondary N) is 1. The Labute approximate surface area is 114 Å². The molecule has 0 amide bonds. The van der Waals surface area contributed by atoms with E-state index in [2.05, 4.69) is 24.1 Å². The fourth-order valence-corrected chi connectivity index (χ4v) is 3.68. The van der Waals surface area contributed by atoms with E-state index >= 15 is 0 Å². The van der Waals surface area contributed by atoms with Gasteiger partial charge in [-0.2, -0.15) is 0 Å². The van der Waals surface area contributed by atoms with Gasteiger partial charge < -0.3 is 5.32 Å². The summed E-state index contributed by atoms with van der Waals surface area (Å²) in [5.74, 6) is 0.979. The van der Waals surface area contributed by atoms with E-state index in [1.54, 1.807) is 0 Å². The molecular weight excluding hydrogens is 220 g/mol. The Kier molecular flexibility index (Phi) is 5.97. The molecule has 18 heavy (non-hydrogen) atoms. The third-order valence-electron chi connectivity index (χ3n) is 4.94. The minimum absolute atomic E-state index is 0.730. The first-order valence-corrected chi connectivity index (χ1v) is 8.27. The molecule has 2 rings (SSSR count). The summed E-state index contributed by atoms with van der Waals surface area (Å²) in [6.07, 6.45) is 11.4. The number of likely N-dealkylation sites (tertiary alicyclic amines) is 1. The van der Waals surface area contributed by atoms with E-state index in [1.165, 1.54) is 71.0 Å². The lowest BCUT2D eigenvalue weighted by atomic mass is 9.95. The van der Waals surface area contributed by atoms with Gasteiger partial charge in [0.1, 0.15) is 0 Å². The highest BCUT2D eigenvalue weighted by molar-refractivity contribution is 4.82. The van der Waals surface area contributed by atoms with Crippen LogP contribution in [0.2, 0.25) is 0 Å². The molecule has 0 aromatic heterocycles. The van der Waals surface area contributed by atoms with Crippen LogP contribution in [-0.4, -0.2) is 36.6 Å². The zero-order valence-electron chi connectivity index (χ0n) is 12.5. The molecule has 1 saturated heterocycles. The monoisotopic (exact) mass is 252 g/mol. The number of hydrogen-bond donors (Lipinski definition) is 1. The van der Waals surface area contributed by atoms with E-state index in [0.29, 0.717) is 0 Å². The molecule has 2 fully saturated rings. The van der Waals surface area contributed by atoms with Crippen molar-refractivity contribution in [1.29, 1.82) is 0 Å². The third-order valence-corrected chi connectivity index (χ3v) is 4.94. The molecule has 0 aromatic carbocycles. The Bertz CT molecular complexity index is 223. The molecule has 2 heteroatoms. The number of nitrogens with zero attached hydrogens (tertiary/aromatic N) is 1. The van der Waals surface area contributed by atoms with Crippen LogP contribution < -0.4 is 5.32 Å². The third kappa shape index (κ3) is 4.24. The summed E-state index contributed by atoms with van der Waals surface area (Å²) in [5.41, 5.74) is 0. The molecule has 2 unspecified atom stereocenters. The van der Waals surface area contributed by atoms with E-state index in [1.807, 2.05) is 0 Å². The van der Waals surface area contributed by atoms with Crippen molar-refractivity contribution in [2.45, 2.75) is 77.3 Å². The molecule has 2 nitrogen and oxygen atoms in total. The van der Waals surface area contributed by atoms with Crippen molar-refractivity contribution in [3.63, 3.8) is 0 Å². The van der Waals surface area contributed by atoms with Crippen LogP contribution >= 0.6 is 0 Å². The average Bonchev–Trinajstić information content (AvgIpc) is 2.86. The summed E-state index contributed by atoms with van der Waals surface area (Å²) in [6.45, 7) is 8.60. The molecular formula is C16H32N2. The molecule has 1 heterocycles. The van der Waals surface area contributed by atoms with Crippen molar-refractivity contribution in [3.05, 3.63) is 0 Å². The molecule has 0 spiro atoms. The highest BCUT2D eigenvalue weighted by atomic mass is 15.2. The Morgan fingerprint density at radius 3 is 2.67 bits per heavy atom. The van der Waals surface area contributed by atoms with Crippen molar-refractivity contribution in [2.75, 3.05) is 19.6 Å². The van der Waals surface area contributed by atoms with Crippen LogP contribution in [0.4, 0.5) is 0 Å². The smallest absolute Gasteiger partial charge is 0.0192 e. The Morgan fingerprint density at radius 2 is 1.94 bits per heavy atom. The van der Waals surface area contributed by atoms with Crippen molar-refractivity contribution in [1.82, 2.24) is 10.2 Å². The molecule has 106 valence electrons. The minimum Gasteiger partial charge on any atom is -0.312 e. The molecule has 1 saturated carbocycles. The predicted molar refractivity (Wildman–Crippen MR) is 78.9 cm³/mol. The molecule has 2 atom stereocenters. The fourth-order valence-electron chi connectivity index (χ4n) is 3.68. The van der Waals surface area contributed by atoms with Gasteiger partial charge in [-0.1, -0.05) is 32.6 Å². The second-order valence-corrected chi connectivity index (χ2v) is 6.53. The van der Waals surface area contributed by atoms with Gasteiger partial charge in [-0.15, -0.1) is 0 Å². The molecule has 2 aliphatic rings. The van der Waals surface area contributed by atoms with Crippen molar-refractivity contribution in [3.8, 4) is 0 Å². The topological polar surface area (TPSA) is 15.3 Å². The zero-order chi connectivity index (χ0) is 12.8. The van der Waals surface area contributed by atoms with E-state index in [-0.39, 0.29) is 0 Å². The first-order chi connectivity index (χ1) is 8.79. The molecule has 0 aromatic rings. The molecule has 0 bridgehead atoms. The van der Waals surface area contributed by atoms with E-state index in [9.17, 15) is 0 Å². The summed E-state index contributed by atoms with van der Waals surface area (Å²) in [7, 11) is 0. The highest BCUT2D eigenvalue weighted by Gasteiger charge is 2.25. The first kappa shape index (κ1) is 14.3. The maximum atomic E-state index is 3.80. The SMILES string of the molecule is CCCC1CCN(C(C)CNC2CCCCC2)C1. The molecule has 1 aliphatic heterocycles. The fraction of sp³-hybridized carbons (Fsp3) is 1.00. The lowest BCUT2D eigenvalue weighted by Gasteiger charge is -2.29. The van der Waals surface area contributed by atoms with Crippen LogP contribution in [0, 0.1) is 5.92 Å². The molecule has 1 aliphatic carbocycles. The highest BCUT2D eigenvalue weighted by Crippen LogP contribution is 2.23. The van der Waals surface area contributed by atoms with Crippen LogP contribution in [0.25, 0.3) is 0 Å².